The van der Waals surface area contributed by atoms with Crippen LogP contribution < -0.4 is 10.2 Å². The number of halogens is 4. The van der Waals surface area contributed by atoms with Crippen LogP contribution >= 0.6 is 23.4 Å². The molecule has 0 radical (unpaired) electrons. The van der Waals surface area contributed by atoms with E-state index in [1.165, 1.54) is 31.5 Å². The van der Waals surface area contributed by atoms with E-state index in [1.807, 2.05) is 0 Å². The zero-order chi connectivity index (χ0) is 27.3. The summed E-state index contributed by atoms with van der Waals surface area (Å²) in [6, 6.07) is 8.94. The van der Waals surface area contributed by atoms with Crippen molar-refractivity contribution in [3.8, 4) is 5.75 Å². The van der Waals surface area contributed by atoms with Crippen LogP contribution in [0.1, 0.15) is 37.4 Å². The number of carbonyl (C=O) groups is 1. The van der Waals surface area contributed by atoms with E-state index < -0.39 is 29.1 Å². The molecular formula is C27H29ClF3N3O3S. The molecule has 1 amide bonds. The first-order valence-corrected chi connectivity index (χ1v) is 13.6. The normalized spacial score (nSPS) is 16.4. The van der Waals surface area contributed by atoms with Crippen LogP contribution in [0, 0.1) is 17.0 Å². The largest absolute Gasteiger partial charge is 0.497 e. The summed E-state index contributed by atoms with van der Waals surface area (Å²) in [4.78, 5) is 19.1. The molecule has 38 heavy (non-hydrogen) atoms. The highest BCUT2D eigenvalue weighted by Crippen LogP contribution is 2.42. The van der Waals surface area contributed by atoms with Gasteiger partial charge < -0.3 is 9.64 Å². The van der Waals surface area contributed by atoms with E-state index in [2.05, 4.69) is 9.88 Å². The SMILES string of the molecule is COc1ccc2ncc(Cl)c([C@H](F)CCC3(C(=O)NO)CCN(CCSc4c(F)cccc4F)CC3)c2c1. The number of nitrogens with one attached hydrogen (secondary N) is 1. The number of benzene rings is 2. The molecule has 0 saturated carbocycles. The van der Waals surface area contributed by atoms with Crippen molar-refractivity contribution >= 4 is 40.2 Å². The van der Waals surface area contributed by atoms with Crippen LogP contribution in [-0.2, 0) is 4.79 Å². The first-order chi connectivity index (χ1) is 18.3. The van der Waals surface area contributed by atoms with E-state index in [4.69, 9.17) is 16.3 Å². The number of methoxy groups -OCH3 is 1. The van der Waals surface area contributed by atoms with Crippen molar-refractivity contribution < 1.29 is 27.9 Å². The second kappa shape index (κ2) is 12.5. The minimum Gasteiger partial charge on any atom is -0.497 e. The number of ether oxygens (including phenoxy) is 1. The van der Waals surface area contributed by atoms with Gasteiger partial charge >= 0.3 is 0 Å². The Morgan fingerprint density at radius 2 is 1.97 bits per heavy atom. The number of aromatic nitrogens is 1. The predicted molar refractivity (Wildman–Crippen MR) is 142 cm³/mol. The van der Waals surface area contributed by atoms with Gasteiger partial charge in [-0.1, -0.05) is 17.7 Å². The lowest BCUT2D eigenvalue weighted by molar-refractivity contribution is -0.143. The lowest BCUT2D eigenvalue weighted by atomic mass is 9.73. The summed E-state index contributed by atoms with van der Waals surface area (Å²) < 4.78 is 48.7. The van der Waals surface area contributed by atoms with Crippen LogP contribution in [0.2, 0.25) is 5.02 Å². The van der Waals surface area contributed by atoms with E-state index in [-0.39, 0.29) is 22.8 Å². The van der Waals surface area contributed by atoms with Gasteiger partial charge in [-0.2, -0.15) is 0 Å². The van der Waals surface area contributed by atoms with Gasteiger partial charge in [0.15, 0.2) is 0 Å². The standard InChI is InChI=1S/C27H29ClF3N3O3S/c1-37-17-5-6-23-18(15-17)24(19(28)16-32-23)20(29)7-8-27(26(35)33-36)9-11-34(12-10-27)13-14-38-25-21(30)3-2-4-22(25)31/h2-6,15-16,20,36H,7-14H2,1H3,(H,33,35)/t20-/m1/s1. The minimum atomic E-state index is -1.46. The van der Waals surface area contributed by atoms with Crippen molar-refractivity contribution in [3.05, 3.63) is 64.8 Å². The molecule has 204 valence electrons. The summed E-state index contributed by atoms with van der Waals surface area (Å²) in [5, 5.41) is 10.2. The van der Waals surface area contributed by atoms with Gasteiger partial charge in [0.1, 0.15) is 23.6 Å². The number of carbonyl (C=O) groups excluding carboxylic acids is 1. The molecule has 2 N–H and O–H groups in total. The van der Waals surface area contributed by atoms with Gasteiger partial charge in [-0.05, 0) is 69.1 Å². The van der Waals surface area contributed by atoms with Gasteiger partial charge in [0.2, 0.25) is 5.91 Å². The Balaban J connectivity index is 1.40. The minimum absolute atomic E-state index is 0.00702. The second-order valence-electron chi connectivity index (χ2n) is 9.37. The molecule has 1 aromatic heterocycles. The van der Waals surface area contributed by atoms with Crippen molar-refractivity contribution in [2.45, 2.75) is 36.8 Å². The number of rotatable bonds is 10. The Labute approximate surface area is 228 Å². The quantitative estimate of drug-likeness (QED) is 0.169. The summed E-state index contributed by atoms with van der Waals surface area (Å²) in [7, 11) is 1.52. The fourth-order valence-electron chi connectivity index (χ4n) is 4.97. The van der Waals surface area contributed by atoms with E-state index in [0.29, 0.717) is 60.4 Å². The monoisotopic (exact) mass is 567 g/mol. The molecule has 1 saturated heterocycles. The molecule has 11 heteroatoms. The van der Waals surface area contributed by atoms with Crippen LogP contribution in [0.5, 0.6) is 5.75 Å². The molecule has 4 rings (SSSR count). The zero-order valence-corrected chi connectivity index (χ0v) is 22.4. The molecule has 1 atom stereocenters. The second-order valence-corrected chi connectivity index (χ2v) is 10.9. The number of hydroxylamine groups is 1. The van der Waals surface area contributed by atoms with Gasteiger partial charge in [0.25, 0.3) is 0 Å². The Hall–Kier alpha value is -2.53. The highest BCUT2D eigenvalue weighted by Gasteiger charge is 2.41. The Kier molecular flexibility index (Phi) is 9.40. The van der Waals surface area contributed by atoms with Crippen LogP contribution in [0.25, 0.3) is 10.9 Å². The first kappa shape index (κ1) is 28.5. The van der Waals surface area contributed by atoms with Crippen LogP contribution in [0.15, 0.2) is 47.5 Å². The van der Waals surface area contributed by atoms with Gasteiger partial charge in [0, 0.05) is 29.4 Å². The van der Waals surface area contributed by atoms with Gasteiger partial charge in [0.05, 0.1) is 28.0 Å². The maximum Gasteiger partial charge on any atom is 0.249 e. The number of hydrogen-bond acceptors (Lipinski definition) is 6. The maximum atomic E-state index is 15.7. The Morgan fingerprint density at radius 1 is 1.26 bits per heavy atom. The number of likely N-dealkylation sites (tertiary alicyclic amines) is 1. The van der Waals surface area contributed by atoms with Crippen LogP contribution in [0.3, 0.4) is 0 Å². The Bertz CT molecular complexity index is 1270. The molecule has 0 aliphatic carbocycles. The van der Waals surface area contributed by atoms with Gasteiger partial charge in [-0.15, -0.1) is 11.8 Å². The third-order valence-corrected chi connectivity index (χ3v) is 8.59. The smallest absolute Gasteiger partial charge is 0.249 e. The molecule has 3 aromatic rings. The molecule has 0 bridgehead atoms. The molecule has 2 heterocycles. The average molecular weight is 568 g/mol. The van der Waals surface area contributed by atoms with Crippen LogP contribution in [-0.4, -0.2) is 53.5 Å². The molecule has 0 unspecified atom stereocenters. The fourth-order valence-corrected chi connectivity index (χ4v) is 6.21. The first-order valence-electron chi connectivity index (χ1n) is 12.3. The molecule has 1 fully saturated rings. The van der Waals surface area contributed by atoms with E-state index >= 15 is 4.39 Å². The number of thioether (sulfide) groups is 1. The van der Waals surface area contributed by atoms with Crippen molar-refractivity contribution in [1.82, 2.24) is 15.4 Å². The van der Waals surface area contributed by atoms with Gasteiger partial charge in [-0.25, -0.2) is 18.7 Å². The number of fused-ring (bicyclic) bond motifs is 1. The summed E-state index contributed by atoms with van der Waals surface area (Å²) in [6.45, 7) is 1.63. The number of hydrogen-bond donors (Lipinski definition) is 2. The number of piperidine rings is 1. The number of nitrogens with zero attached hydrogens (tertiary/aromatic N) is 2. The molecule has 2 aromatic carbocycles. The van der Waals surface area contributed by atoms with Gasteiger partial charge in [-0.3, -0.25) is 15.0 Å². The summed E-state index contributed by atoms with van der Waals surface area (Å²) in [6.07, 6.45) is 0.985. The fraction of sp³-hybridized carbons (Fsp3) is 0.407. The summed E-state index contributed by atoms with van der Waals surface area (Å²) >= 11 is 7.46. The summed E-state index contributed by atoms with van der Waals surface area (Å²) in [5.74, 6) is -0.697. The molecule has 6 nitrogen and oxygen atoms in total. The highest BCUT2D eigenvalue weighted by molar-refractivity contribution is 7.99. The lowest BCUT2D eigenvalue weighted by Gasteiger charge is -2.40. The third-order valence-electron chi connectivity index (χ3n) is 7.23. The predicted octanol–water partition coefficient (Wildman–Crippen LogP) is 6.35. The highest BCUT2D eigenvalue weighted by atomic mass is 35.5. The summed E-state index contributed by atoms with van der Waals surface area (Å²) in [5.41, 5.74) is 1.69. The number of alkyl halides is 1. The van der Waals surface area contributed by atoms with E-state index in [9.17, 15) is 18.8 Å². The Morgan fingerprint density at radius 3 is 2.63 bits per heavy atom. The van der Waals surface area contributed by atoms with Crippen molar-refractivity contribution in [2.75, 3.05) is 32.5 Å². The van der Waals surface area contributed by atoms with E-state index in [0.717, 1.165) is 11.8 Å². The number of amides is 1. The zero-order valence-electron chi connectivity index (χ0n) is 20.9. The van der Waals surface area contributed by atoms with Crippen LogP contribution in [0.4, 0.5) is 13.2 Å². The average Bonchev–Trinajstić information content (AvgIpc) is 2.93. The van der Waals surface area contributed by atoms with Crippen molar-refractivity contribution in [2.24, 2.45) is 5.41 Å². The third kappa shape index (κ3) is 6.20. The van der Waals surface area contributed by atoms with E-state index in [1.54, 1.807) is 23.7 Å². The maximum absolute atomic E-state index is 15.7. The molecular weight excluding hydrogens is 539 g/mol. The molecule has 1 aliphatic heterocycles. The van der Waals surface area contributed by atoms with Crippen molar-refractivity contribution in [1.29, 1.82) is 0 Å². The topological polar surface area (TPSA) is 74.7 Å². The van der Waals surface area contributed by atoms with Crippen molar-refractivity contribution in [3.63, 3.8) is 0 Å². The molecule has 1 aliphatic rings. The molecule has 0 spiro atoms. The lowest BCUT2D eigenvalue weighted by Crippen LogP contribution is -2.48. The number of pyridine rings is 1.